The Morgan fingerprint density at radius 3 is 2.80 bits per heavy atom. The van der Waals surface area contributed by atoms with E-state index >= 15 is 0 Å². The van der Waals surface area contributed by atoms with Gasteiger partial charge in [-0.1, -0.05) is 6.08 Å². The van der Waals surface area contributed by atoms with E-state index in [0.29, 0.717) is 5.56 Å². The third-order valence-corrected chi connectivity index (χ3v) is 2.23. The van der Waals surface area contributed by atoms with Gasteiger partial charge in [-0.2, -0.15) is 5.26 Å². The van der Waals surface area contributed by atoms with E-state index in [1.807, 2.05) is 37.9 Å². The first-order chi connectivity index (χ1) is 7.10. The van der Waals surface area contributed by atoms with Gasteiger partial charge in [-0.15, -0.1) is 6.58 Å². The van der Waals surface area contributed by atoms with E-state index in [2.05, 4.69) is 17.6 Å². The van der Waals surface area contributed by atoms with Crippen LogP contribution in [0.4, 0.5) is 5.69 Å². The molecular weight excluding hydrogens is 186 g/mol. The maximum absolute atomic E-state index is 9.06. The molecule has 0 bridgehead atoms. The van der Waals surface area contributed by atoms with Gasteiger partial charge in [0, 0.05) is 19.3 Å². The Labute approximate surface area is 90.7 Å². The fourth-order valence-corrected chi connectivity index (χ4v) is 1.54. The van der Waals surface area contributed by atoms with Crippen molar-refractivity contribution in [2.75, 3.05) is 18.5 Å². The highest BCUT2D eigenvalue weighted by Crippen LogP contribution is 2.21. The standard InChI is InChI=1S/C12H15N3/c1-5-6-15(4)12-7-9(2)14-10(3)11(12)8-13/h5,7H,1,6H2,2-4H3. The van der Waals surface area contributed by atoms with Crippen LogP contribution in [0, 0.1) is 25.2 Å². The van der Waals surface area contributed by atoms with E-state index < -0.39 is 0 Å². The Balaban J connectivity index is 3.27. The van der Waals surface area contributed by atoms with Crippen LogP contribution >= 0.6 is 0 Å². The van der Waals surface area contributed by atoms with E-state index in [-0.39, 0.29) is 0 Å². The van der Waals surface area contributed by atoms with Gasteiger partial charge >= 0.3 is 0 Å². The van der Waals surface area contributed by atoms with Gasteiger partial charge in [0.25, 0.3) is 0 Å². The summed E-state index contributed by atoms with van der Waals surface area (Å²) in [6, 6.07) is 4.12. The van der Waals surface area contributed by atoms with Crippen LogP contribution in [0.5, 0.6) is 0 Å². The summed E-state index contributed by atoms with van der Waals surface area (Å²) >= 11 is 0. The molecule has 0 spiro atoms. The Kier molecular flexibility index (Phi) is 3.46. The number of nitriles is 1. The Morgan fingerprint density at radius 1 is 1.60 bits per heavy atom. The Morgan fingerprint density at radius 2 is 2.27 bits per heavy atom. The van der Waals surface area contributed by atoms with Crippen molar-refractivity contribution in [3.8, 4) is 6.07 Å². The monoisotopic (exact) mass is 201 g/mol. The lowest BCUT2D eigenvalue weighted by Gasteiger charge is -2.19. The number of rotatable bonds is 3. The molecule has 0 aliphatic heterocycles. The topological polar surface area (TPSA) is 39.9 Å². The predicted octanol–water partition coefficient (Wildman–Crippen LogP) is 2.19. The van der Waals surface area contributed by atoms with Gasteiger partial charge < -0.3 is 4.90 Å². The minimum absolute atomic E-state index is 0.643. The molecule has 0 aliphatic carbocycles. The van der Waals surface area contributed by atoms with Gasteiger partial charge in [0.15, 0.2) is 0 Å². The number of hydrogen-bond acceptors (Lipinski definition) is 3. The van der Waals surface area contributed by atoms with E-state index in [9.17, 15) is 0 Å². The molecular formula is C12H15N3. The first kappa shape index (κ1) is 11.3. The molecule has 0 aliphatic rings. The van der Waals surface area contributed by atoms with E-state index in [0.717, 1.165) is 23.6 Å². The van der Waals surface area contributed by atoms with Crippen molar-refractivity contribution in [3.05, 3.63) is 35.7 Å². The fourth-order valence-electron chi connectivity index (χ4n) is 1.54. The first-order valence-corrected chi connectivity index (χ1v) is 4.80. The highest BCUT2D eigenvalue weighted by molar-refractivity contribution is 5.61. The second-order valence-corrected chi connectivity index (χ2v) is 3.52. The molecule has 0 amide bonds. The van der Waals surface area contributed by atoms with Crippen LogP contribution < -0.4 is 4.90 Å². The smallest absolute Gasteiger partial charge is 0.103 e. The quantitative estimate of drug-likeness (QED) is 0.704. The summed E-state index contributed by atoms with van der Waals surface area (Å²) in [5.74, 6) is 0. The minimum Gasteiger partial charge on any atom is -0.370 e. The van der Waals surface area contributed by atoms with Crippen molar-refractivity contribution in [2.24, 2.45) is 0 Å². The van der Waals surface area contributed by atoms with Crippen LogP contribution in [0.2, 0.25) is 0 Å². The summed E-state index contributed by atoms with van der Waals surface area (Å²) in [7, 11) is 1.94. The number of anilines is 1. The highest BCUT2D eigenvalue weighted by Gasteiger charge is 2.10. The summed E-state index contributed by atoms with van der Waals surface area (Å²) in [5.41, 5.74) is 3.27. The van der Waals surface area contributed by atoms with E-state index in [4.69, 9.17) is 5.26 Å². The van der Waals surface area contributed by atoms with Gasteiger partial charge in [-0.3, -0.25) is 4.98 Å². The molecule has 3 heteroatoms. The van der Waals surface area contributed by atoms with Crippen molar-refractivity contribution in [2.45, 2.75) is 13.8 Å². The number of aryl methyl sites for hydroxylation is 2. The van der Waals surface area contributed by atoms with Gasteiger partial charge in [0.1, 0.15) is 6.07 Å². The molecule has 0 atom stereocenters. The molecule has 1 aromatic heterocycles. The normalized spacial score (nSPS) is 9.47. The van der Waals surface area contributed by atoms with Gasteiger partial charge in [0.2, 0.25) is 0 Å². The number of likely N-dealkylation sites (N-methyl/N-ethyl adjacent to an activating group) is 1. The maximum Gasteiger partial charge on any atom is 0.103 e. The van der Waals surface area contributed by atoms with E-state index in [1.54, 1.807) is 0 Å². The lowest BCUT2D eigenvalue weighted by Crippen LogP contribution is -2.18. The average Bonchev–Trinajstić information content (AvgIpc) is 2.17. The Hall–Kier alpha value is -1.82. The highest BCUT2D eigenvalue weighted by atomic mass is 15.1. The lowest BCUT2D eigenvalue weighted by atomic mass is 10.1. The fraction of sp³-hybridized carbons (Fsp3) is 0.333. The zero-order valence-electron chi connectivity index (χ0n) is 9.41. The van der Waals surface area contributed by atoms with Gasteiger partial charge in [0.05, 0.1) is 16.9 Å². The minimum atomic E-state index is 0.643. The molecule has 0 saturated carbocycles. The summed E-state index contributed by atoms with van der Waals surface area (Å²) in [6.45, 7) is 8.19. The molecule has 0 fully saturated rings. The van der Waals surface area contributed by atoms with E-state index in [1.165, 1.54) is 0 Å². The van der Waals surface area contributed by atoms with Crippen LogP contribution in [0.3, 0.4) is 0 Å². The summed E-state index contributed by atoms with van der Waals surface area (Å²) < 4.78 is 0. The molecule has 78 valence electrons. The first-order valence-electron chi connectivity index (χ1n) is 4.80. The van der Waals surface area contributed by atoms with Crippen LogP contribution in [0.25, 0.3) is 0 Å². The van der Waals surface area contributed by atoms with Crippen LogP contribution in [-0.2, 0) is 0 Å². The van der Waals surface area contributed by atoms with Crippen molar-refractivity contribution in [1.82, 2.24) is 4.98 Å². The summed E-state index contributed by atoms with van der Waals surface area (Å²) in [5, 5.41) is 9.06. The second-order valence-electron chi connectivity index (χ2n) is 3.52. The van der Waals surface area contributed by atoms with Crippen LogP contribution in [0.1, 0.15) is 17.0 Å². The predicted molar refractivity (Wildman–Crippen MR) is 61.9 cm³/mol. The molecule has 3 nitrogen and oxygen atoms in total. The molecule has 1 aromatic rings. The molecule has 0 aromatic carbocycles. The maximum atomic E-state index is 9.06. The zero-order valence-corrected chi connectivity index (χ0v) is 9.41. The SMILES string of the molecule is C=CCN(C)c1cc(C)nc(C)c1C#N. The van der Waals surface area contributed by atoms with Crippen LogP contribution in [-0.4, -0.2) is 18.6 Å². The zero-order chi connectivity index (χ0) is 11.4. The van der Waals surface area contributed by atoms with Crippen LogP contribution in [0.15, 0.2) is 18.7 Å². The van der Waals surface area contributed by atoms with Crippen molar-refractivity contribution < 1.29 is 0 Å². The molecule has 0 N–H and O–H groups in total. The van der Waals surface area contributed by atoms with Gasteiger partial charge in [-0.05, 0) is 19.9 Å². The average molecular weight is 201 g/mol. The van der Waals surface area contributed by atoms with Crippen molar-refractivity contribution >= 4 is 5.69 Å². The summed E-state index contributed by atoms with van der Waals surface area (Å²) in [6.07, 6.45) is 1.81. The largest absolute Gasteiger partial charge is 0.370 e. The Bertz CT molecular complexity index is 416. The van der Waals surface area contributed by atoms with Crippen molar-refractivity contribution in [1.29, 1.82) is 5.26 Å². The molecule has 1 rings (SSSR count). The number of aromatic nitrogens is 1. The molecule has 0 unspecified atom stereocenters. The third-order valence-electron chi connectivity index (χ3n) is 2.23. The molecule has 15 heavy (non-hydrogen) atoms. The third kappa shape index (κ3) is 2.35. The lowest BCUT2D eigenvalue weighted by molar-refractivity contribution is 1.00. The number of hydrogen-bond donors (Lipinski definition) is 0. The number of pyridine rings is 1. The molecule has 0 saturated heterocycles. The summed E-state index contributed by atoms with van der Waals surface area (Å²) in [4.78, 5) is 6.27. The number of nitrogens with zero attached hydrogens (tertiary/aromatic N) is 3. The second kappa shape index (κ2) is 4.61. The molecule has 1 heterocycles. The molecule has 0 radical (unpaired) electrons. The van der Waals surface area contributed by atoms with Gasteiger partial charge in [-0.25, -0.2) is 0 Å². The van der Waals surface area contributed by atoms with Crippen molar-refractivity contribution in [3.63, 3.8) is 0 Å².